The van der Waals surface area contributed by atoms with Gasteiger partial charge in [0.25, 0.3) is 0 Å². The van der Waals surface area contributed by atoms with Gasteiger partial charge < -0.3 is 19.2 Å². The molecule has 3 aliphatic rings. The second-order valence-corrected chi connectivity index (χ2v) is 9.41. The number of rotatable bonds is 4. The summed E-state index contributed by atoms with van der Waals surface area (Å²) in [5.41, 5.74) is 2.46. The van der Waals surface area contributed by atoms with E-state index in [0.717, 1.165) is 67.4 Å². The maximum Gasteiger partial charge on any atom is 0.340 e. The molecule has 31 heavy (non-hydrogen) atoms. The summed E-state index contributed by atoms with van der Waals surface area (Å²) in [7, 11) is 0. The predicted octanol–water partition coefficient (Wildman–Crippen LogP) is 3.97. The van der Waals surface area contributed by atoms with E-state index in [4.69, 9.17) is 13.9 Å². The lowest BCUT2D eigenvalue weighted by atomic mass is 9.79. The van der Waals surface area contributed by atoms with E-state index in [1.54, 1.807) is 0 Å². The number of hydrogen-bond donors (Lipinski definition) is 1. The van der Waals surface area contributed by atoms with Crippen LogP contribution in [0.1, 0.15) is 68.1 Å². The highest BCUT2D eigenvalue weighted by Gasteiger charge is 2.37. The Labute approximate surface area is 182 Å². The molecule has 1 saturated heterocycles. The minimum Gasteiger partial charge on any atom is -0.487 e. The molecule has 1 atom stereocenters. The number of aryl methyl sites for hydroxylation is 2. The molecule has 5 rings (SSSR count). The molecule has 2 aliphatic heterocycles. The lowest BCUT2D eigenvalue weighted by molar-refractivity contribution is -0.121. The Kier molecular flexibility index (Phi) is 5.51. The van der Waals surface area contributed by atoms with Crippen LogP contribution < -0.4 is 15.7 Å². The van der Waals surface area contributed by atoms with Gasteiger partial charge in [0.2, 0.25) is 5.91 Å². The summed E-state index contributed by atoms with van der Waals surface area (Å²) in [6, 6.07) is 3.97. The highest BCUT2D eigenvalue weighted by Crippen LogP contribution is 2.43. The second kappa shape index (κ2) is 8.30. The molecule has 0 radical (unpaired) electrons. The highest BCUT2D eigenvalue weighted by atomic mass is 16.5. The van der Waals surface area contributed by atoms with Crippen LogP contribution in [0.2, 0.25) is 0 Å². The zero-order valence-electron chi connectivity index (χ0n) is 18.3. The van der Waals surface area contributed by atoms with Gasteiger partial charge in [0.05, 0.1) is 18.1 Å². The monoisotopic (exact) mass is 425 g/mol. The Bertz CT molecular complexity index is 1040. The summed E-state index contributed by atoms with van der Waals surface area (Å²) in [5, 5.41) is 3.79. The van der Waals surface area contributed by atoms with E-state index in [-0.39, 0.29) is 24.0 Å². The normalized spacial score (nSPS) is 22.3. The van der Waals surface area contributed by atoms with Gasteiger partial charge in [-0.25, -0.2) is 4.79 Å². The van der Waals surface area contributed by atoms with E-state index in [0.29, 0.717) is 17.7 Å². The van der Waals surface area contributed by atoms with E-state index in [1.165, 1.54) is 19.3 Å². The van der Waals surface area contributed by atoms with Crippen LogP contribution >= 0.6 is 0 Å². The first-order chi connectivity index (χ1) is 15.0. The molecule has 1 aromatic heterocycles. The molecular weight excluding hydrogens is 394 g/mol. The molecule has 1 aliphatic carbocycles. The molecule has 1 N–H and O–H groups in total. The largest absolute Gasteiger partial charge is 0.487 e. The Morgan fingerprint density at radius 2 is 2.00 bits per heavy atom. The maximum atomic E-state index is 12.7. The van der Waals surface area contributed by atoms with Crippen molar-refractivity contribution >= 4 is 16.9 Å². The zero-order valence-corrected chi connectivity index (χ0v) is 18.3. The standard InChI is InChI=1S/C25H31NO5/c1-16-19-12-17-7-10-25(8-3-2-4-9-25)31-21(17)14-22(19)30-24(28)20(16)13-23(27)26-15-18-6-5-11-29-18/h12,14,18H,2-11,13,15H2,1H3,(H,26,27). The van der Waals surface area contributed by atoms with E-state index in [2.05, 4.69) is 11.4 Å². The molecule has 2 fully saturated rings. The van der Waals surface area contributed by atoms with Crippen molar-refractivity contribution in [2.75, 3.05) is 13.2 Å². The first-order valence-corrected chi connectivity index (χ1v) is 11.7. The van der Waals surface area contributed by atoms with Gasteiger partial charge in [-0.15, -0.1) is 0 Å². The average Bonchev–Trinajstić information content (AvgIpc) is 3.28. The smallest absolute Gasteiger partial charge is 0.340 e. The van der Waals surface area contributed by atoms with E-state index in [1.807, 2.05) is 13.0 Å². The summed E-state index contributed by atoms with van der Waals surface area (Å²) >= 11 is 0. The fraction of sp³-hybridized carbons (Fsp3) is 0.600. The zero-order chi connectivity index (χ0) is 21.4. The lowest BCUT2D eigenvalue weighted by Crippen LogP contribution is -2.41. The predicted molar refractivity (Wildman–Crippen MR) is 118 cm³/mol. The first-order valence-electron chi connectivity index (χ1n) is 11.7. The molecule has 166 valence electrons. The number of nitrogens with one attached hydrogen (secondary N) is 1. The van der Waals surface area contributed by atoms with Crippen molar-refractivity contribution in [3.8, 4) is 5.75 Å². The van der Waals surface area contributed by atoms with Gasteiger partial charge in [-0.3, -0.25) is 4.79 Å². The highest BCUT2D eigenvalue weighted by molar-refractivity contribution is 5.86. The maximum absolute atomic E-state index is 12.7. The first kappa shape index (κ1) is 20.6. The molecule has 1 saturated carbocycles. The Hall–Kier alpha value is -2.34. The van der Waals surface area contributed by atoms with Gasteiger partial charge in [-0.1, -0.05) is 6.42 Å². The van der Waals surface area contributed by atoms with Crippen LogP contribution in [0.4, 0.5) is 0 Å². The van der Waals surface area contributed by atoms with Crippen LogP contribution in [0, 0.1) is 6.92 Å². The van der Waals surface area contributed by atoms with Crippen LogP contribution in [0.5, 0.6) is 5.75 Å². The van der Waals surface area contributed by atoms with Crippen LogP contribution in [0.3, 0.4) is 0 Å². The molecule has 1 spiro atoms. The van der Waals surface area contributed by atoms with Crippen LogP contribution in [-0.2, 0) is 22.4 Å². The topological polar surface area (TPSA) is 77.8 Å². The van der Waals surface area contributed by atoms with Gasteiger partial charge in [0.15, 0.2) is 0 Å². The molecule has 1 amide bonds. The number of benzene rings is 1. The van der Waals surface area contributed by atoms with Gasteiger partial charge in [-0.2, -0.15) is 0 Å². The third-order valence-electron chi connectivity index (χ3n) is 7.30. The summed E-state index contributed by atoms with van der Waals surface area (Å²) in [5.74, 6) is 0.677. The molecule has 6 heteroatoms. The van der Waals surface area contributed by atoms with Gasteiger partial charge >= 0.3 is 5.63 Å². The van der Waals surface area contributed by atoms with Gasteiger partial charge in [0.1, 0.15) is 16.9 Å². The summed E-state index contributed by atoms with van der Waals surface area (Å²) in [6.07, 6.45) is 10.0. The van der Waals surface area contributed by atoms with E-state index >= 15 is 0 Å². The molecule has 6 nitrogen and oxygen atoms in total. The summed E-state index contributed by atoms with van der Waals surface area (Å²) in [6.45, 7) is 3.15. The van der Waals surface area contributed by atoms with Crippen LogP contribution in [-0.4, -0.2) is 30.8 Å². The average molecular weight is 426 g/mol. The lowest BCUT2D eigenvalue weighted by Gasteiger charge is -2.41. The number of ether oxygens (including phenoxy) is 2. The summed E-state index contributed by atoms with van der Waals surface area (Å²) in [4.78, 5) is 25.1. The minimum atomic E-state index is -0.444. The van der Waals surface area contributed by atoms with E-state index in [9.17, 15) is 9.59 Å². The fourth-order valence-corrected chi connectivity index (χ4v) is 5.41. The molecule has 1 unspecified atom stereocenters. The van der Waals surface area contributed by atoms with Crippen molar-refractivity contribution in [1.82, 2.24) is 5.32 Å². The number of carbonyl (C=O) groups is 1. The number of hydrogen-bond acceptors (Lipinski definition) is 5. The van der Waals surface area contributed by atoms with E-state index < -0.39 is 5.63 Å². The van der Waals surface area contributed by atoms with Gasteiger partial charge in [-0.05, 0) is 75.5 Å². The van der Waals surface area contributed by atoms with Crippen LogP contribution in [0.15, 0.2) is 21.3 Å². The Morgan fingerprint density at radius 1 is 1.16 bits per heavy atom. The molecular formula is C25H31NO5. The molecule has 3 heterocycles. The van der Waals surface area contributed by atoms with Crippen molar-refractivity contribution in [1.29, 1.82) is 0 Å². The summed E-state index contributed by atoms with van der Waals surface area (Å²) < 4.78 is 17.7. The SMILES string of the molecule is Cc1c(CC(=O)NCC2CCCO2)c(=O)oc2cc3c(cc12)CCC1(CCCCC1)O3. The second-order valence-electron chi connectivity index (χ2n) is 9.41. The number of carbonyl (C=O) groups excluding carboxylic acids is 1. The third-order valence-corrected chi connectivity index (χ3v) is 7.30. The number of fused-ring (bicyclic) bond motifs is 2. The van der Waals surface area contributed by atoms with Crippen molar-refractivity contribution in [3.63, 3.8) is 0 Å². The molecule has 2 aromatic rings. The van der Waals surface area contributed by atoms with Crippen molar-refractivity contribution in [2.24, 2.45) is 0 Å². The fourth-order valence-electron chi connectivity index (χ4n) is 5.41. The number of amides is 1. The quantitative estimate of drug-likeness (QED) is 0.750. The molecule has 1 aromatic carbocycles. The van der Waals surface area contributed by atoms with Crippen molar-refractivity contribution < 1.29 is 18.7 Å². The third kappa shape index (κ3) is 4.10. The van der Waals surface area contributed by atoms with Crippen LogP contribution in [0.25, 0.3) is 11.0 Å². The Morgan fingerprint density at radius 3 is 2.77 bits per heavy atom. The molecule has 0 bridgehead atoms. The minimum absolute atomic E-state index is 0.0214. The van der Waals surface area contributed by atoms with Crippen molar-refractivity contribution in [2.45, 2.75) is 82.8 Å². The van der Waals surface area contributed by atoms with Crippen molar-refractivity contribution in [3.05, 3.63) is 39.2 Å². The van der Waals surface area contributed by atoms with Gasteiger partial charge in [0, 0.05) is 24.6 Å². The Balaban J connectivity index is 1.38.